The molecule has 70 valence electrons. The van der Waals surface area contributed by atoms with Gasteiger partial charge in [0.15, 0.2) is 0 Å². The fraction of sp³-hybridized carbons (Fsp3) is 0.800. The van der Waals surface area contributed by atoms with Gasteiger partial charge in [0.25, 0.3) is 0 Å². The van der Waals surface area contributed by atoms with Gasteiger partial charge in [-0.1, -0.05) is 18.6 Å². The monoisotopic (exact) mass is 170 g/mol. The Bertz CT molecular complexity index is 180. The Morgan fingerprint density at radius 1 is 1.50 bits per heavy atom. The lowest BCUT2D eigenvalue weighted by Gasteiger charge is -2.38. The van der Waals surface area contributed by atoms with E-state index in [1.54, 1.807) is 0 Å². The van der Waals surface area contributed by atoms with E-state index in [-0.39, 0.29) is 18.6 Å². The van der Waals surface area contributed by atoms with E-state index in [1.165, 1.54) is 5.57 Å². The van der Waals surface area contributed by atoms with Crippen LogP contribution in [0.3, 0.4) is 0 Å². The maximum atomic E-state index is 9.21. The average Bonchev–Trinajstić information content (AvgIpc) is 2.06. The topological polar surface area (TPSA) is 40.5 Å². The van der Waals surface area contributed by atoms with E-state index in [0.29, 0.717) is 5.92 Å². The van der Waals surface area contributed by atoms with Gasteiger partial charge < -0.3 is 10.2 Å². The summed E-state index contributed by atoms with van der Waals surface area (Å²) in [6.45, 7) is 4.35. The second-order valence-electron chi connectivity index (χ2n) is 3.98. The van der Waals surface area contributed by atoms with Crippen molar-refractivity contribution in [2.75, 3.05) is 13.2 Å². The number of hydrogen-bond acceptors (Lipinski definition) is 2. The number of hydrogen-bond donors (Lipinski definition) is 2. The highest BCUT2D eigenvalue weighted by atomic mass is 16.3. The molecule has 0 saturated carbocycles. The van der Waals surface area contributed by atoms with Crippen LogP contribution in [0.1, 0.15) is 26.7 Å². The highest BCUT2D eigenvalue weighted by Gasteiger charge is 2.35. The summed E-state index contributed by atoms with van der Waals surface area (Å²) in [6, 6.07) is 0. The van der Waals surface area contributed by atoms with Crippen LogP contribution >= 0.6 is 0 Å². The van der Waals surface area contributed by atoms with Gasteiger partial charge in [-0.05, 0) is 25.7 Å². The zero-order chi connectivity index (χ0) is 9.19. The molecule has 0 unspecified atom stereocenters. The Hall–Kier alpha value is -0.340. The van der Waals surface area contributed by atoms with Crippen molar-refractivity contribution in [2.45, 2.75) is 26.7 Å². The van der Waals surface area contributed by atoms with Crippen molar-refractivity contribution in [1.82, 2.24) is 0 Å². The van der Waals surface area contributed by atoms with E-state index >= 15 is 0 Å². The summed E-state index contributed by atoms with van der Waals surface area (Å²) in [5.74, 6) is 0.293. The molecule has 0 bridgehead atoms. The van der Waals surface area contributed by atoms with E-state index in [0.717, 1.165) is 12.8 Å². The fourth-order valence-electron chi connectivity index (χ4n) is 1.86. The fourth-order valence-corrected chi connectivity index (χ4v) is 1.86. The maximum Gasteiger partial charge on any atom is 0.0515 e. The molecule has 1 rings (SSSR count). The first-order valence-corrected chi connectivity index (χ1v) is 4.53. The van der Waals surface area contributed by atoms with Crippen LogP contribution in [0.15, 0.2) is 11.6 Å². The molecular formula is C10H18O2. The summed E-state index contributed by atoms with van der Waals surface area (Å²) in [5, 5.41) is 18.4. The van der Waals surface area contributed by atoms with E-state index in [9.17, 15) is 10.2 Å². The Balaban J connectivity index is 2.80. The largest absolute Gasteiger partial charge is 0.396 e. The first-order chi connectivity index (χ1) is 5.64. The molecule has 0 aromatic rings. The number of aliphatic hydroxyl groups is 2. The quantitative estimate of drug-likeness (QED) is 0.614. The molecule has 1 aliphatic carbocycles. The lowest BCUT2D eigenvalue weighted by atomic mass is 9.69. The summed E-state index contributed by atoms with van der Waals surface area (Å²) in [6.07, 6.45) is 4.07. The first kappa shape index (κ1) is 9.75. The molecule has 0 saturated heterocycles. The lowest BCUT2D eigenvalue weighted by Crippen LogP contribution is -2.37. The molecule has 1 atom stereocenters. The van der Waals surface area contributed by atoms with Crippen molar-refractivity contribution in [3.8, 4) is 0 Å². The van der Waals surface area contributed by atoms with Gasteiger partial charge in [0.1, 0.15) is 0 Å². The molecule has 1 aliphatic rings. The van der Waals surface area contributed by atoms with Crippen LogP contribution in [0, 0.1) is 11.3 Å². The lowest BCUT2D eigenvalue weighted by molar-refractivity contribution is 0.0136. The molecule has 0 heterocycles. The Labute approximate surface area is 73.9 Å². The Kier molecular flexibility index (Phi) is 2.91. The van der Waals surface area contributed by atoms with Crippen LogP contribution in [0.5, 0.6) is 0 Å². The molecule has 0 aromatic carbocycles. The third-order valence-electron chi connectivity index (χ3n) is 3.15. The molecule has 0 amide bonds. The maximum absolute atomic E-state index is 9.21. The average molecular weight is 170 g/mol. The van der Waals surface area contributed by atoms with Crippen molar-refractivity contribution in [1.29, 1.82) is 0 Å². The van der Waals surface area contributed by atoms with Crippen molar-refractivity contribution >= 4 is 0 Å². The second-order valence-corrected chi connectivity index (χ2v) is 3.98. The molecular weight excluding hydrogens is 152 g/mol. The van der Waals surface area contributed by atoms with E-state index < -0.39 is 0 Å². The molecule has 0 spiro atoms. The van der Waals surface area contributed by atoms with Gasteiger partial charge in [-0.2, -0.15) is 0 Å². The van der Waals surface area contributed by atoms with Gasteiger partial charge in [0.2, 0.25) is 0 Å². The molecule has 0 fully saturated rings. The first-order valence-electron chi connectivity index (χ1n) is 4.53. The van der Waals surface area contributed by atoms with Gasteiger partial charge in [-0.25, -0.2) is 0 Å². The van der Waals surface area contributed by atoms with Crippen LogP contribution in [0.2, 0.25) is 0 Å². The van der Waals surface area contributed by atoms with Gasteiger partial charge in [-0.15, -0.1) is 0 Å². The minimum Gasteiger partial charge on any atom is -0.396 e. The third-order valence-corrected chi connectivity index (χ3v) is 3.15. The molecule has 2 N–H and O–H groups in total. The minimum absolute atomic E-state index is 0.0917. The standard InChI is InChI=1S/C10H18O2/c1-8-3-4-10(6-11,7-12)9(2)5-8/h5,9,11-12H,3-4,6-7H2,1-2H3/t9-/m1/s1. The summed E-state index contributed by atoms with van der Waals surface area (Å²) in [5.41, 5.74) is 1.11. The third kappa shape index (κ3) is 1.54. The highest BCUT2D eigenvalue weighted by Crippen LogP contribution is 2.38. The predicted molar refractivity (Wildman–Crippen MR) is 48.8 cm³/mol. The van der Waals surface area contributed by atoms with Crippen LogP contribution in [0.25, 0.3) is 0 Å². The highest BCUT2D eigenvalue weighted by molar-refractivity contribution is 5.10. The summed E-state index contributed by atoms with van der Waals surface area (Å²) >= 11 is 0. The number of rotatable bonds is 2. The van der Waals surface area contributed by atoms with Crippen LogP contribution in [0.4, 0.5) is 0 Å². The molecule has 2 heteroatoms. The smallest absolute Gasteiger partial charge is 0.0515 e. The van der Waals surface area contributed by atoms with E-state index in [1.807, 2.05) is 0 Å². The van der Waals surface area contributed by atoms with E-state index in [2.05, 4.69) is 19.9 Å². The van der Waals surface area contributed by atoms with Gasteiger partial charge >= 0.3 is 0 Å². The molecule has 0 aromatic heterocycles. The van der Waals surface area contributed by atoms with Crippen LogP contribution in [-0.4, -0.2) is 23.4 Å². The van der Waals surface area contributed by atoms with Crippen molar-refractivity contribution < 1.29 is 10.2 Å². The zero-order valence-corrected chi connectivity index (χ0v) is 7.88. The van der Waals surface area contributed by atoms with Crippen molar-refractivity contribution in [3.63, 3.8) is 0 Å². The number of aliphatic hydroxyl groups excluding tert-OH is 2. The Morgan fingerprint density at radius 3 is 2.50 bits per heavy atom. The molecule has 12 heavy (non-hydrogen) atoms. The normalized spacial score (nSPS) is 28.3. The van der Waals surface area contributed by atoms with Crippen molar-refractivity contribution in [3.05, 3.63) is 11.6 Å². The summed E-state index contributed by atoms with van der Waals surface area (Å²) in [7, 11) is 0. The van der Waals surface area contributed by atoms with Gasteiger partial charge in [0, 0.05) is 5.41 Å². The zero-order valence-electron chi connectivity index (χ0n) is 7.88. The van der Waals surface area contributed by atoms with Gasteiger partial charge in [-0.3, -0.25) is 0 Å². The van der Waals surface area contributed by atoms with E-state index in [4.69, 9.17) is 0 Å². The van der Waals surface area contributed by atoms with Crippen LogP contribution < -0.4 is 0 Å². The summed E-state index contributed by atoms with van der Waals surface area (Å²) in [4.78, 5) is 0. The summed E-state index contributed by atoms with van der Waals surface area (Å²) < 4.78 is 0. The molecule has 0 aliphatic heterocycles. The predicted octanol–water partition coefficient (Wildman–Crippen LogP) is 1.33. The SMILES string of the molecule is CC1=C[C@@H](C)C(CO)(CO)CC1. The second kappa shape index (κ2) is 3.58. The molecule has 2 nitrogen and oxygen atoms in total. The minimum atomic E-state index is -0.264. The number of allylic oxidation sites excluding steroid dienone is 2. The Morgan fingerprint density at radius 2 is 2.08 bits per heavy atom. The van der Waals surface area contributed by atoms with Crippen LogP contribution in [-0.2, 0) is 0 Å². The van der Waals surface area contributed by atoms with Crippen molar-refractivity contribution in [2.24, 2.45) is 11.3 Å². The van der Waals surface area contributed by atoms with Gasteiger partial charge in [0.05, 0.1) is 13.2 Å². The molecule has 0 radical (unpaired) electrons.